The molecule has 3 nitrogen and oxygen atoms in total. The fourth-order valence-electron chi connectivity index (χ4n) is 2.01. The molecule has 1 aromatic carbocycles. The fraction of sp³-hybridized carbons (Fsp3) is 0.357. The van der Waals surface area contributed by atoms with Crippen molar-refractivity contribution < 1.29 is 4.79 Å². The van der Waals surface area contributed by atoms with E-state index in [4.69, 9.17) is 0 Å². The van der Waals surface area contributed by atoms with E-state index in [1.54, 1.807) is 11.8 Å². The summed E-state index contributed by atoms with van der Waals surface area (Å²) in [5, 5.41) is 4.10. The van der Waals surface area contributed by atoms with Gasteiger partial charge < -0.3 is 10.3 Å². The summed E-state index contributed by atoms with van der Waals surface area (Å²) in [5.41, 5.74) is 2.97. The number of carbonyl (C=O) groups is 1. The Hall–Kier alpha value is -1.42. The first-order valence-corrected chi connectivity index (χ1v) is 7.40. The van der Waals surface area contributed by atoms with Crippen LogP contribution < -0.4 is 5.32 Å². The van der Waals surface area contributed by atoms with Crippen LogP contribution in [0.25, 0.3) is 10.9 Å². The summed E-state index contributed by atoms with van der Waals surface area (Å²) in [6.45, 7) is 3.94. The van der Waals surface area contributed by atoms with Gasteiger partial charge >= 0.3 is 0 Å². The Morgan fingerprint density at radius 1 is 1.44 bits per heavy atom. The lowest BCUT2D eigenvalue weighted by Crippen LogP contribution is -2.22. The summed E-state index contributed by atoms with van der Waals surface area (Å²) >= 11 is 1.69. The average Bonchev–Trinajstić information content (AvgIpc) is 2.66. The van der Waals surface area contributed by atoms with Gasteiger partial charge in [-0.15, -0.1) is 0 Å². The van der Waals surface area contributed by atoms with E-state index in [1.807, 2.05) is 44.4 Å². The Labute approximate surface area is 111 Å². The number of para-hydroxylation sites is 1. The number of H-pyrrole nitrogens is 1. The number of amides is 1. The average molecular weight is 262 g/mol. The molecule has 18 heavy (non-hydrogen) atoms. The zero-order valence-electron chi connectivity index (χ0n) is 10.9. The molecule has 1 aromatic heterocycles. The van der Waals surface area contributed by atoms with Gasteiger partial charge in [0, 0.05) is 28.3 Å². The Morgan fingerprint density at radius 3 is 2.89 bits per heavy atom. The SMILES string of the molecule is CSC[C@H](C)C(=O)Nc1c(C)[nH]c2ccccc12. The molecule has 0 aliphatic heterocycles. The fourth-order valence-corrected chi connectivity index (χ4v) is 2.66. The Kier molecular flexibility index (Phi) is 3.97. The number of aromatic nitrogens is 1. The van der Waals surface area contributed by atoms with Gasteiger partial charge in [-0.05, 0) is 19.2 Å². The van der Waals surface area contributed by atoms with Gasteiger partial charge in [-0.3, -0.25) is 4.79 Å². The third-order valence-electron chi connectivity index (χ3n) is 3.01. The topological polar surface area (TPSA) is 44.9 Å². The molecule has 0 spiro atoms. The number of thioether (sulfide) groups is 1. The molecule has 96 valence electrons. The van der Waals surface area contributed by atoms with Crippen molar-refractivity contribution in [3.05, 3.63) is 30.0 Å². The van der Waals surface area contributed by atoms with E-state index in [-0.39, 0.29) is 11.8 Å². The summed E-state index contributed by atoms with van der Waals surface area (Å²) in [4.78, 5) is 15.3. The predicted molar refractivity (Wildman–Crippen MR) is 79.2 cm³/mol. The first-order valence-electron chi connectivity index (χ1n) is 6.00. The summed E-state index contributed by atoms with van der Waals surface area (Å²) < 4.78 is 0. The highest BCUT2D eigenvalue weighted by molar-refractivity contribution is 7.98. The highest BCUT2D eigenvalue weighted by Crippen LogP contribution is 2.27. The van der Waals surface area contributed by atoms with E-state index in [0.717, 1.165) is 28.0 Å². The van der Waals surface area contributed by atoms with Gasteiger partial charge in [0.25, 0.3) is 0 Å². The van der Waals surface area contributed by atoms with E-state index in [1.165, 1.54) is 0 Å². The molecule has 0 unspecified atom stereocenters. The zero-order valence-corrected chi connectivity index (χ0v) is 11.7. The summed E-state index contributed by atoms with van der Waals surface area (Å²) in [5.74, 6) is 0.943. The molecule has 0 saturated carbocycles. The second-order valence-electron chi connectivity index (χ2n) is 4.52. The number of aromatic amines is 1. The summed E-state index contributed by atoms with van der Waals surface area (Å²) in [7, 11) is 0. The molecule has 2 aromatic rings. The first-order chi connectivity index (χ1) is 8.63. The standard InChI is InChI=1S/C14H18N2OS/c1-9(8-18-3)14(17)16-13-10(2)15-12-7-5-4-6-11(12)13/h4-7,9,15H,8H2,1-3H3,(H,16,17)/t9-/m0/s1. The maximum atomic E-state index is 12.1. The molecule has 0 bridgehead atoms. The van der Waals surface area contributed by atoms with Gasteiger partial charge in [-0.2, -0.15) is 11.8 Å². The minimum atomic E-state index is 0.0214. The maximum Gasteiger partial charge on any atom is 0.228 e. The Morgan fingerprint density at radius 2 is 2.17 bits per heavy atom. The van der Waals surface area contributed by atoms with E-state index in [9.17, 15) is 4.79 Å². The number of aryl methyl sites for hydroxylation is 1. The summed E-state index contributed by atoms with van der Waals surface area (Å²) in [6.07, 6.45) is 2.01. The molecule has 2 rings (SSSR count). The monoisotopic (exact) mass is 262 g/mol. The van der Waals surface area contributed by atoms with Gasteiger partial charge in [0.2, 0.25) is 5.91 Å². The maximum absolute atomic E-state index is 12.1. The van der Waals surface area contributed by atoms with Crippen LogP contribution in [0, 0.1) is 12.8 Å². The molecule has 0 aliphatic carbocycles. The minimum absolute atomic E-state index is 0.0214. The Bertz CT molecular complexity index is 562. The Balaban J connectivity index is 2.26. The molecule has 0 saturated heterocycles. The number of nitrogens with one attached hydrogen (secondary N) is 2. The van der Waals surface area contributed by atoms with Crippen molar-refractivity contribution in [3.8, 4) is 0 Å². The molecule has 1 amide bonds. The molecular formula is C14H18N2OS. The number of rotatable bonds is 4. The van der Waals surface area contributed by atoms with Crippen molar-refractivity contribution in [1.82, 2.24) is 4.98 Å². The zero-order chi connectivity index (χ0) is 13.1. The van der Waals surface area contributed by atoms with Crippen molar-refractivity contribution in [1.29, 1.82) is 0 Å². The largest absolute Gasteiger partial charge is 0.357 e. The lowest BCUT2D eigenvalue weighted by molar-refractivity contribution is -0.118. The number of carbonyl (C=O) groups excluding carboxylic acids is 1. The van der Waals surface area contributed by atoms with E-state index >= 15 is 0 Å². The minimum Gasteiger partial charge on any atom is -0.357 e. The van der Waals surface area contributed by atoms with Gasteiger partial charge in [0.05, 0.1) is 5.69 Å². The third kappa shape index (κ3) is 2.53. The lowest BCUT2D eigenvalue weighted by Gasteiger charge is -2.11. The van der Waals surface area contributed by atoms with Crippen molar-refractivity contribution in [2.24, 2.45) is 5.92 Å². The van der Waals surface area contributed by atoms with Crippen molar-refractivity contribution in [3.63, 3.8) is 0 Å². The van der Waals surface area contributed by atoms with Crippen molar-refractivity contribution in [2.45, 2.75) is 13.8 Å². The smallest absolute Gasteiger partial charge is 0.228 e. The molecule has 1 heterocycles. The number of benzene rings is 1. The van der Waals surface area contributed by atoms with Crippen LogP contribution in [-0.4, -0.2) is 22.9 Å². The molecule has 0 fully saturated rings. The molecule has 1 atom stereocenters. The predicted octanol–water partition coefficient (Wildman–Crippen LogP) is 3.41. The van der Waals surface area contributed by atoms with Crippen LogP contribution in [0.5, 0.6) is 0 Å². The van der Waals surface area contributed by atoms with Crippen LogP contribution >= 0.6 is 11.8 Å². The number of hydrogen-bond acceptors (Lipinski definition) is 2. The highest BCUT2D eigenvalue weighted by Gasteiger charge is 2.15. The van der Waals surface area contributed by atoms with E-state index < -0.39 is 0 Å². The van der Waals surface area contributed by atoms with Crippen LogP contribution in [-0.2, 0) is 4.79 Å². The number of hydrogen-bond donors (Lipinski definition) is 2. The highest BCUT2D eigenvalue weighted by atomic mass is 32.2. The summed E-state index contributed by atoms with van der Waals surface area (Å²) in [6, 6.07) is 8.01. The van der Waals surface area contributed by atoms with Crippen molar-refractivity contribution in [2.75, 3.05) is 17.3 Å². The van der Waals surface area contributed by atoms with Crippen LogP contribution in [0.15, 0.2) is 24.3 Å². The van der Waals surface area contributed by atoms with Crippen LogP contribution in [0.4, 0.5) is 5.69 Å². The lowest BCUT2D eigenvalue weighted by atomic mass is 10.1. The van der Waals surface area contributed by atoms with Crippen molar-refractivity contribution >= 4 is 34.3 Å². The number of anilines is 1. The van der Waals surface area contributed by atoms with E-state index in [2.05, 4.69) is 10.3 Å². The van der Waals surface area contributed by atoms with Crippen LogP contribution in [0.2, 0.25) is 0 Å². The third-order valence-corrected chi connectivity index (χ3v) is 3.84. The van der Waals surface area contributed by atoms with Gasteiger partial charge in [-0.25, -0.2) is 0 Å². The molecule has 0 radical (unpaired) electrons. The van der Waals surface area contributed by atoms with Gasteiger partial charge in [0.1, 0.15) is 0 Å². The van der Waals surface area contributed by atoms with Gasteiger partial charge in [-0.1, -0.05) is 25.1 Å². The number of fused-ring (bicyclic) bond motifs is 1. The molecule has 4 heteroatoms. The normalized spacial score (nSPS) is 12.6. The van der Waals surface area contributed by atoms with Crippen LogP contribution in [0.1, 0.15) is 12.6 Å². The first kappa shape index (κ1) is 13.0. The molecule has 2 N–H and O–H groups in total. The van der Waals surface area contributed by atoms with Crippen LogP contribution in [0.3, 0.4) is 0 Å². The van der Waals surface area contributed by atoms with E-state index in [0.29, 0.717) is 0 Å². The second-order valence-corrected chi connectivity index (χ2v) is 5.43. The quantitative estimate of drug-likeness (QED) is 0.887. The van der Waals surface area contributed by atoms with Gasteiger partial charge in [0.15, 0.2) is 0 Å². The second kappa shape index (κ2) is 5.48. The molecular weight excluding hydrogens is 244 g/mol. The molecule has 0 aliphatic rings.